The van der Waals surface area contributed by atoms with Crippen LogP contribution in [0.4, 0.5) is 4.39 Å². The van der Waals surface area contributed by atoms with Gasteiger partial charge in [-0.3, -0.25) is 14.5 Å². The number of hydrogen-bond donors (Lipinski definition) is 4. The molecule has 1 aromatic carbocycles. The van der Waals surface area contributed by atoms with Crippen LogP contribution in [0.25, 0.3) is 0 Å². The molecule has 2 amide bonds. The molecule has 1 aromatic rings. The van der Waals surface area contributed by atoms with Crippen LogP contribution in [0.2, 0.25) is 0 Å². The van der Waals surface area contributed by atoms with E-state index in [1.165, 1.54) is 19.0 Å². The Morgan fingerprint density at radius 3 is 2.32 bits per heavy atom. The molecule has 5 unspecified atom stereocenters. The number of sulfonamides is 1. The van der Waals surface area contributed by atoms with Gasteiger partial charge in [0.05, 0.1) is 29.9 Å². The molecule has 47 heavy (non-hydrogen) atoms. The van der Waals surface area contributed by atoms with Crippen LogP contribution in [0.1, 0.15) is 69.8 Å². The molecule has 2 rings (SSSR count). The van der Waals surface area contributed by atoms with Crippen LogP contribution in [-0.2, 0) is 26.0 Å². The highest BCUT2D eigenvalue weighted by atomic mass is 32.2. The summed E-state index contributed by atoms with van der Waals surface area (Å²) >= 11 is 0. The highest BCUT2D eigenvalue weighted by Crippen LogP contribution is 2.29. The lowest BCUT2D eigenvalue weighted by Crippen LogP contribution is -2.56. The first kappa shape index (κ1) is 40.2. The van der Waals surface area contributed by atoms with E-state index in [0.717, 1.165) is 42.0 Å². The van der Waals surface area contributed by atoms with Gasteiger partial charge >= 0.3 is 0 Å². The van der Waals surface area contributed by atoms with Gasteiger partial charge in [-0.25, -0.2) is 17.1 Å². The van der Waals surface area contributed by atoms with Crippen LogP contribution < -0.4 is 10.6 Å². The quantitative estimate of drug-likeness (QED) is 0.0892. The van der Waals surface area contributed by atoms with Crippen molar-refractivity contribution in [1.82, 2.24) is 19.8 Å². The molecule has 1 aliphatic carbocycles. The fourth-order valence-electron chi connectivity index (χ4n) is 5.84. The summed E-state index contributed by atoms with van der Waals surface area (Å²) in [5, 5.41) is 27.4. The maximum atomic E-state index is 13.7. The van der Waals surface area contributed by atoms with E-state index in [1.54, 1.807) is 24.3 Å². The molecule has 10 nitrogen and oxygen atoms in total. The van der Waals surface area contributed by atoms with Crippen molar-refractivity contribution in [2.75, 3.05) is 39.7 Å². The molecule has 0 saturated heterocycles. The third-order valence-electron chi connectivity index (χ3n) is 8.81. The number of terminal acetylenes is 2. The largest absolute Gasteiger partial charge is 0.390 e. The topological polar surface area (TPSA) is 139 Å². The van der Waals surface area contributed by atoms with E-state index in [1.807, 2.05) is 6.07 Å². The van der Waals surface area contributed by atoms with E-state index in [2.05, 4.69) is 22.5 Å². The molecule has 1 fully saturated rings. The summed E-state index contributed by atoms with van der Waals surface area (Å²) in [6.07, 6.45) is 15.3. The second-order valence-electron chi connectivity index (χ2n) is 12.7. The van der Waals surface area contributed by atoms with E-state index in [9.17, 15) is 32.6 Å². The lowest BCUT2D eigenvalue weighted by atomic mass is 9.82. The van der Waals surface area contributed by atoms with Crippen LogP contribution >= 0.6 is 0 Å². The molecule has 5 atom stereocenters. The Labute approximate surface area is 280 Å². The van der Waals surface area contributed by atoms with Crippen molar-refractivity contribution >= 4 is 21.8 Å². The average Bonchev–Trinajstić information content (AvgIpc) is 3.06. The molecule has 0 bridgehead atoms. The summed E-state index contributed by atoms with van der Waals surface area (Å²) in [6, 6.07) is 6.94. The predicted molar refractivity (Wildman–Crippen MR) is 182 cm³/mol. The number of carbonyl (C=O) groups excluding carboxylic acids is 2. The molecule has 0 aromatic heterocycles. The summed E-state index contributed by atoms with van der Waals surface area (Å²) in [5.74, 6) is 2.28. The van der Waals surface area contributed by atoms with Gasteiger partial charge in [0.15, 0.2) is 0 Å². The van der Waals surface area contributed by atoms with Gasteiger partial charge in [0, 0.05) is 33.0 Å². The fraction of sp³-hybridized carbons (Fsp3) is 0.657. The molecule has 4 N–H and O–H groups in total. The van der Waals surface area contributed by atoms with Gasteiger partial charge in [-0.2, -0.15) is 0 Å². The second kappa shape index (κ2) is 21.1. The summed E-state index contributed by atoms with van der Waals surface area (Å²) in [4.78, 5) is 28.7. The minimum Gasteiger partial charge on any atom is -0.390 e. The molecule has 0 aliphatic heterocycles. The Morgan fingerprint density at radius 2 is 1.70 bits per heavy atom. The van der Waals surface area contributed by atoms with E-state index < -0.39 is 64.6 Å². The first-order valence-corrected chi connectivity index (χ1v) is 18.1. The predicted octanol–water partition coefficient (Wildman–Crippen LogP) is 2.45. The van der Waals surface area contributed by atoms with E-state index in [-0.39, 0.29) is 38.3 Å². The summed E-state index contributed by atoms with van der Waals surface area (Å²) in [6.45, 7) is -0.530. The third-order valence-corrected chi connectivity index (χ3v) is 10.8. The normalized spacial score (nSPS) is 17.2. The molecule has 1 saturated carbocycles. The van der Waals surface area contributed by atoms with Crippen LogP contribution in [-0.4, -0.2) is 104 Å². The number of amides is 2. The molecule has 12 heteroatoms. The molecular weight excluding hydrogens is 623 g/mol. The van der Waals surface area contributed by atoms with Crippen LogP contribution in [0, 0.1) is 36.5 Å². The first-order chi connectivity index (χ1) is 22.4. The zero-order valence-electron chi connectivity index (χ0n) is 27.8. The Morgan fingerprint density at radius 1 is 1.02 bits per heavy atom. The molecule has 262 valence electrons. The first-order valence-electron chi connectivity index (χ1n) is 16.5. The second-order valence-corrected chi connectivity index (χ2v) is 14.8. The number of aliphatic hydroxyl groups is 2. The number of unbranched alkanes of at least 4 members (excludes halogenated alkanes) is 1. The minimum absolute atomic E-state index is 0.0316. The van der Waals surface area contributed by atoms with Gasteiger partial charge < -0.3 is 20.8 Å². The number of carbonyl (C=O) groups is 2. The number of aliphatic hydroxyl groups excluding tert-OH is 2. The van der Waals surface area contributed by atoms with Crippen molar-refractivity contribution in [2.24, 2.45) is 11.8 Å². The van der Waals surface area contributed by atoms with Gasteiger partial charge in [0.1, 0.15) is 12.8 Å². The van der Waals surface area contributed by atoms with Crippen molar-refractivity contribution in [3.8, 4) is 24.7 Å². The number of hydrogen-bond acceptors (Lipinski definition) is 7. The number of benzene rings is 1. The standard InChI is InChI=1S/C35H53FN4O6S/c1-5-7-10-20-32(41)33(42)31(24-28-18-13-9-14-19-28)38-35(44)30(15-6-2)37-34(43)29(23-27-16-11-8-12-17-27)25-47(45,46)40(4)22-21-39(3)26-36/h1-2,8,11-12,16-17,28-33,41-42H,7,9-10,13-15,18-26H2,3-4H3,(H,37,43)(H,38,44). The van der Waals surface area contributed by atoms with Gasteiger partial charge in [-0.15, -0.1) is 24.7 Å². The smallest absolute Gasteiger partial charge is 0.243 e. The highest BCUT2D eigenvalue weighted by molar-refractivity contribution is 7.89. The maximum Gasteiger partial charge on any atom is 0.243 e. The number of rotatable bonds is 21. The van der Waals surface area contributed by atoms with Gasteiger partial charge in [0.25, 0.3) is 0 Å². The van der Waals surface area contributed by atoms with Crippen LogP contribution in [0.15, 0.2) is 30.3 Å². The van der Waals surface area contributed by atoms with Crippen LogP contribution in [0.5, 0.6) is 0 Å². The third kappa shape index (κ3) is 14.3. The van der Waals surface area contributed by atoms with Crippen molar-refractivity contribution in [3.63, 3.8) is 0 Å². The van der Waals surface area contributed by atoms with Gasteiger partial charge in [0.2, 0.25) is 21.8 Å². The number of nitrogens with zero attached hydrogens (tertiary/aromatic N) is 2. The van der Waals surface area contributed by atoms with Gasteiger partial charge in [-0.05, 0) is 44.2 Å². The Kier molecular flexibility index (Phi) is 18.0. The Bertz CT molecular complexity index is 1280. The SMILES string of the molecule is C#CCCCC(O)C(O)C(CC1CCCCC1)NC(=O)C(CC#C)NC(=O)C(Cc1ccccc1)CS(=O)(=O)N(C)CCN(C)CF. The average molecular weight is 677 g/mol. The van der Waals surface area contributed by atoms with E-state index in [4.69, 9.17) is 12.8 Å². The van der Waals surface area contributed by atoms with Gasteiger partial charge in [-0.1, -0.05) is 62.4 Å². The molecule has 0 heterocycles. The molecule has 0 radical (unpaired) electrons. The zero-order chi connectivity index (χ0) is 34.8. The number of likely N-dealkylation sites (N-methyl/N-ethyl adjacent to an activating group) is 2. The molecular formula is C35H53FN4O6S. The Hall–Kier alpha value is -3.00. The lowest BCUT2D eigenvalue weighted by molar-refractivity contribution is -0.132. The van der Waals surface area contributed by atoms with Crippen LogP contribution in [0.3, 0.4) is 0 Å². The van der Waals surface area contributed by atoms with E-state index in [0.29, 0.717) is 19.3 Å². The summed E-state index contributed by atoms with van der Waals surface area (Å²) < 4.78 is 40.6. The monoisotopic (exact) mass is 676 g/mol. The van der Waals surface area contributed by atoms with Crippen molar-refractivity contribution < 1.29 is 32.6 Å². The molecule has 0 spiro atoms. The highest BCUT2D eigenvalue weighted by Gasteiger charge is 2.35. The number of halogens is 1. The maximum absolute atomic E-state index is 13.7. The Balaban J connectivity index is 2.25. The minimum atomic E-state index is -3.95. The summed E-state index contributed by atoms with van der Waals surface area (Å²) in [7, 11) is -1.04. The number of alkyl halides is 1. The fourth-order valence-corrected chi connectivity index (χ4v) is 7.23. The molecule has 1 aliphatic rings. The van der Waals surface area contributed by atoms with E-state index >= 15 is 0 Å². The lowest BCUT2D eigenvalue weighted by Gasteiger charge is -2.33. The number of nitrogens with one attached hydrogen (secondary N) is 2. The zero-order valence-corrected chi connectivity index (χ0v) is 28.6. The summed E-state index contributed by atoms with van der Waals surface area (Å²) in [5.41, 5.74) is 0.732. The van der Waals surface area contributed by atoms with Crippen molar-refractivity contribution in [3.05, 3.63) is 35.9 Å². The van der Waals surface area contributed by atoms with Crippen molar-refractivity contribution in [2.45, 2.75) is 94.9 Å². The van der Waals surface area contributed by atoms with Crippen molar-refractivity contribution in [1.29, 1.82) is 0 Å².